The summed E-state index contributed by atoms with van der Waals surface area (Å²) in [4.78, 5) is 12.1. The average Bonchev–Trinajstić information content (AvgIpc) is 2.86. The number of carbonyl (C=O) groups is 1. The molecule has 0 aliphatic carbocycles. The lowest BCUT2D eigenvalue weighted by Gasteiger charge is -2.30. The fraction of sp³-hybridized carbons (Fsp3) is 0.594. The second-order valence-corrected chi connectivity index (χ2v) is 10.7. The second-order valence-electron chi connectivity index (χ2n) is 10.7. The molecule has 0 saturated carbocycles. The summed E-state index contributed by atoms with van der Waals surface area (Å²) in [5.74, 6) is 0.818. The standard InChI is InChI=1S/C32H50NO3/c1-4-5-6-7-8-9-11-18-29-21-16-22-31(27-29)35-25-17-26-36-32(34)23-14-15-24-33(2,3)28-30-19-12-10-13-20-30/h10,12-13,16,19-22,27H,4-9,11,14-15,17-18,23-26,28H2,1-3H3/q+1. The molecule has 0 heterocycles. The number of hydrogen-bond donors (Lipinski definition) is 0. The Balaban J connectivity index is 1.49. The van der Waals surface area contributed by atoms with E-state index in [2.05, 4.69) is 69.6 Å². The molecule has 0 atom stereocenters. The second kappa shape index (κ2) is 18.0. The Kier molecular flexibility index (Phi) is 14.9. The third-order valence-corrected chi connectivity index (χ3v) is 6.64. The highest BCUT2D eigenvalue weighted by atomic mass is 16.5. The Morgan fingerprint density at radius 2 is 1.47 bits per heavy atom. The van der Waals surface area contributed by atoms with Gasteiger partial charge in [-0.2, -0.15) is 0 Å². The molecule has 0 unspecified atom stereocenters. The highest BCUT2D eigenvalue weighted by Gasteiger charge is 2.15. The van der Waals surface area contributed by atoms with Crippen LogP contribution in [-0.2, 0) is 22.5 Å². The van der Waals surface area contributed by atoms with Gasteiger partial charge in [-0.05, 0) is 43.4 Å². The van der Waals surface area contributed by atoms with Crippen molar-refractivity contribution in [2.24, 2.45) is 0 Å². The number of esters is 1. The van der Waals surface area contributed by atoms with Crippen LogP contribution in [0.4, 0.5) is 0 Å². The Hall–Kier alpha value is -2.33. The number of unbranched alkanes of at least 4 members (excludes halogenated alkanes) is 7. The molecule has 0 radical (unpaired) electrons. The molecule has 2 aromatic rings. The lowest BCUT2D eigenvalue weighted by molar-refractivity contribution is -0.903. The summed E-state index contributed by atoms with van der Waals surface area (Å²) >= 11 is 0. The van der Waals surface area contributed by atoms with Crippen molar-refractivity contribution >= 4 is 5.97 Å². The SMILES string of the molecule is CCCCCCCCCc1cccc(OCCCOC(=O)CCCC[N+](C)(C)Cc2ccccc2)c1. The summed E-state index contributed by atoms with van der Waals surface area (Å²) in [6.45, 7) is 5.31. The zero-order chi connectivity index (χ0) is 25.9. The van der Waals surface area contributed by atoms with E-state index in [0.29, 0.717) is 26.1 Å². The highest BCUT2D eigenvalue weighted by molar-refractivity contribution is 5.69. The summed E-state index contributed by atoms with van der Waals surface area (Å²) in [5, 5.41) is 0. The summed E-state index contributed by atoms with van der Waals surface area (Å²) in [7, 11) is 4.49. The van der Waals surface area contributed by atoms with Crippen molar-refractivity contribution in [2.75, 3.05) is 33.9 Å². The molecule has 0 bridgehead atoms. The van der Waals surface area contributed by atoms with Gasteiger partial charge in [0.05, 0.1) is 33.9 Å². The van der Waals surface area contributed by atoms with E-state index in [-0.39, 0.29) is 5.97 Å². The molecule has 36 heavy (non-hydrogen) atoms. The largest absolute Gasteiger partial charge is 0.493 e. The van der Waals surface area contributed by atoms with Gasteiger partial charge in [0.2, 0.25) is 0 Å². The monoisotopic (exact) mass is 496 g/mol. The first-order valence-electron chi connectivity index (χ1n) is 14.2. The smallest absolute Gasteiger partial charge is 0.305 e. The van der Waals surface area contributed by atoms with Gasteiger partial charge in [0.15, 0.2) is 0 Å². The number of quaternary nitrogens is 1. The quantitative estimate of drug-likeness (QED) is 0.107. The van der Waals surface area contributed by atoms with Gasteiger partial charge < -0.3 is 14.0 Å². The zero-order valence-electron chi connectivity index (χ0n) is 23.2. The molecule has 0 saturated heterocycles. The molecule has 2 rings (SSSR count). The van der Waals surface area contributed by atoms with Crippen LogP contribution in [0.5, 0.6) is 5.75 Å². The lowest BCUT2D eigenvalue weighted by Crippen LogP contribution is -2.39. The molecule has 0 N–H and O–H groups in total. The van der Waals surface area contributed by atoms with Gasteiger partial charge in [-0.15, -0.1) is 0 Å². The van der Waals surface area contributed by atoms with Crippen LogP contribution in [0, 0.1) is 0 Å². The molecule has 4 heteroatoms. The summed E-state index contributed by atoms with van der Waals surface area (Å²) in [6, 6.07) is 19.0. The molecule has 0 fully saturated rings. The Morgan fingerprint density at radius 3 is 2.25 bits per heavy atom. The van der Waals surface area contributed by atoms with Crippen LogP contribution in [0.15, 0.2) is 54.6 Å². The summed E-state index contributed by atoms with van der Waals surface area (Å²) < 4.78 is 12.2. The number of carbonyl (C=O) groups excluding carboxylic acids is 1. The number of ether oxygens (including phenoxy) is 2. The maximum absolute atomic E-state index is 12.1. The number of hydrogen-bond acceptors (Lipinski definition) is 3. The fourth-order valence-electron chi connectivity index (χ4n) is 4.55. The van der Waals surface area contributed by atoms with Gasteiger partial charge in [-0.1, -0.05) is 87.9 Å². The molecule has 0 aliphatic rings. The van der Waals surface area contributed by atoms with E-state index < -0.39 is 0 Å². The highest BCUT2D eigenvalue weighted by Crippen LogP contribution is 2.17. The third-order valence-electron chi connectivity index (χ3n) is 6.64. The van der Waals surface area contributed by atoms with E-state index in [4.69, 9.17) is 9.47 Å². The van der Waals surface area contributed by atoms with Crippen molar-refractivity contribution in [3.8, 4) is 5.75 Å². The number of aryl methyl sites for hydroxylation is 1. The van der Waals surface area contributed by atoms with Crippen molar-refractivity contribution < 1.29 is 18.8 Å². The van der Waals surface area contributed by atoms with Crippen molar-refractivity contribution in [3.05, 3.63) is 65.7 Å². The first-order chi connectivity index (χ1) is 17.5. The van der Waals surface area contributed by atoms with Crippen molar-refractivity contribution in [3.63, 3.8) is 0 Å². The van der Waals surface area contributed by atoms with Gasteiger partial charge in [0.1, 0.15) is 12.3 Å². The van der Waals surface area contributed by atoms with E-state index in [9.17, 15) is 4.79 Å². The minimum absolute atomic E-state index is 0.0972. The third kappa shape index (κ3) is 14.3. The normalized spacial score (nSPS) is 11.4. The zero-order valence-corrected chi connectivity index (χ0v) is 23.2. The first-order valence-corrected chi connectivity index (χ1v) is 14.2. The van der Waals surface area contributed by atoms with Crippen LogP contribution in [0.1, 0.15) is 88.7 Å². The number of benzene rings is 2. The Bertz CT molecular complexity index is 834. The maximum Gasteiger partial charge on any atom is 0.305 e. The first kappa shape index (κ1) is 29.9. The predicted molar refractivity (Wildman–Crippen MR) is 150 cm³/mol. The van der Waals surface area contributed by atoms with Gasteiger partial charge in [0.25, 0.3) is 0 Å². The van der Waals surface area contributed by atoms with E-state index >= 15 is 0 Å². The van der Waals surface area contributed by atoms with E-state index in [1.807, 2.05) is 6.07 Å². The molecule has 0 spiro atoms. The van der Waals surface area contributed by atoms with E-state index in [1.54, 1.807) is 0 Å². The molecule has 0 amide bonds. The Morgan fingerprint density at radius 1 is 0.750 bits per heavy atom. The Labute approximate surface area is 220 Å². The van der Waals surface area contributed by atoms with Gasteiger partial charge in [-0.3, -0.25) is 4.79 Å². The van der Waals surface area contributed by atoms with Crippen LogP contribution in [0.25, 0.3) is 0 Å². The van der Waals surface area contributed by atoms with E-state index in [1.165, 1.54) is 56.1 Å². The number of nitrogens with zero attached hydrogens (tertiary/aromatic N) is 1. The average molecular weight is 497 g/mol. The molecular weight excluding hydrogens is 446 g/mol. The van der Waals surface area contributed by atoms with E-state index in [0.717, 1.165) is 42.6 Å². The van der Waals surface area contributed by atoms with Gasteiger partial charge in [-0.25, -0.2) is 0 Å². The van der Waals surface area contributed by atoms with Crippen molar-refractivity contribution in [1.82, 2.24) is 0 Å². The van der Waals surface area contributed by atoms with Crippen LogP contribution in [-0.4, -0.2) is 44.3 Å². The van der Waals surface area contributed by atoms with Gasteiger partial charge in [0, 0.05) is 18.4 Å². The summed E-state index contributed by atoms with van der Waals surface area (Å²) in [6.07, 6.45) is 13.5. The van der Waals surface area contributed by atoms with Crippen molar-refractivity contribution in [1.29, 1.82) is 0 Å². The van der Waals surface area contributed by atoms with Crippen LogP contribution < -0.4 is 4.74 Å². The minimum Gasteiger partial charge on any atom is -0.493 e. The van der Waals surface area contributed by atoms with Gasteiger partial charge >= 0.3 is 5.97 Å². The summed E-state index contributed by atoms with van der Waals surface area (Å²) in [5.41, 5.74) is 2.70. The minimum atomic E-state index is -0.0972. The fourth-order valence-corrected chi connectivity index (χ4v) is 4.55. The molecule has 200 valence electrons. The molecular formula is C32H50NO3+. The topological polar surface area (TPSA) is 35.5 Å². The molecule has 0 aromatic heterocycles. The van der Waals surface area contributed by atoms with Crippen molar-refractivity contribution in [2.45, 2.75) is 90.5 Å². The number of rotatable bonds is 20. The predicted octanol–water partition coefficient (Wildman–Crippen LogP) is 7.74. The van der Waals surface area contributed by atoms with Crippen LogP contribution >= 0.6 is 0 Å². The van der Waals surface area contributed by atoms with Crippen LogP contribution in [0.3, 0.4) is 0 Å². The lowest BCUT2D eigenvalue weighted by atomic mass is 10.0. The molecule has 4 nitrogen and oxygen atoms in total. The van der Waals surface area contributed by atoms with Crippen LogP contribution in [0.2, 0.25) is 0 Å². The molecule has 2 aromatic carbocycles. The molecule has 0 aliphatic heterocycles. The maximum atomic E-state index is 12.1.